The molecule has 160 valence electrons. The van der Waals surface area contributed by atoms with Crippen molar-refractivity contribution in [3.05, 3.63) is 66.5 Å². The molecule has 0 radical (unpaired) electrons. The lowest BCUT2D eigenvalue weighted by molar-refractivity contribution is -0.134. The number of hydrogen-bond acceptors (Lipinski definition) is 6. The number of anilines is 1. The fourth-order valence-electron chi connectivity index (χ4n) is 3.44. The molecule has 3 aromatic rings. The van der Waals surface area contributed by atoms with E-state index in [0.29, 0.717) is 32.2 Å². The first kappa shape index (κ1) is 20.8. The first-order valence-corrected chi connectivity index (χ1v) is 10.3. The molecule has 0 N–H and O–H groups in total. The summed E-state index contributed by atoms with van der Waals surface area (Å²) in [5.41, 5.74) is 2.94. The minimum Gasteiger partial charge on any atom is -0.474 e. The summed E-state index contributed by atoms with van der Waals surface area (Å²) in [5.74, 6) is 0.496. The van der Waals surface area contributed by atoms with Crippen LogP contribution in [0.5, 0.6) is 5.88 Å². The van der Waals surface area contributed by atoms with Gasteiger partial charge in [0, 0.05) is 32.4 Å². The minimum atomic E-state index is -0.209. The molecule has 4 rings (SSSR count). The van der Waals surface area contributed by atoms with Gasteiger partial charge < -0.3 is 19.3 Å². The van der Waals surface area contributed by atoms with E-state index in [-0.39, 0.29) is 12.0 Å². The van der Waals surface area contributed by atoms with Crippen LogP contribution in [0.3, 0.4) is 0 Å². The summed E-state index contributed by atoms with van der Waals surface area (Å²) in [5, 5.41) is 0.858. The summed E-state index contributed by atoms with van der Waals surface area (Å²) < 4.78 is 11.7. The highest BCUT2D eigenvalue weighted by Crippen LogP contribution is 2.21. The number of fused-ring (bicyclic) bond motifs is 1. The molecule has 1 fully saturated rings. The first-order valence-electron chi connectivity index (χ1n) is 10.3. The topological polar surface area (TPSA) is 67.8 Å². The SMILES string of the molecule is CN(C)c1ccc(C=CC(=O)N2CCOC(COc3ncnc4ccccc34)C2)cc1. The molecule has 7 heteroatoms. The molecule has 2 aromatic carbocycles. The van der Waals surface area contributed by atoms with Crippen LogP contribution in [0.25, 0.3) is 17.0 Å². The lowest BCUT2D eigenvalue weighted by Crippen LogP contribution is -2.47. The van der Waals surface area contributed by atoms with Gasteiger partial charge in [0.05, 0.1) is 24.1 Å². The van der Waals surface area contributed by atoms with Crippen molar-refractivity contribution in [2.75, 3.05) is 45.3 Å². The van der Waals surface area contributed by atoms with Crippen molar-refractivity contribution in [2.45, 2.75) is 6.10 Å². The smallest absolute Gasteiger partial charge is 0.246 e. The molecule has 1 aliphatic rings. The van der Waals surface area contributed by atoms with Crippen molar-refractivity contribution >= 4 is 28.6 Å². The molecule has 7 nitrogen and oxygen atoms in total. The monoisotopic (exact) mass is 418 g/mol. The van der Waals surface area contributed by atoms with Crippen molar-refractivity contribution in [1.82, 2.24) is 14.9 Å². The molecule has 0 saturated carbocycles. The van der Waals surface area contributed by atoms with E-state index in [1.54, 1.807) is 11.0 Å². The number of ether oxygens (including phenoxy) is 2. The average Bonchev–Trinajstić information content (AvgIpc) is 2.81. The zero-order chi connectivity index (χ0) is 21.6. The van der Waals surface area contributed by atoms with Gasteiger partial charge in [0.25, 0.3) is 0 Å². The molecule has 0 spiro atoms. The van der Waals surface area contributed by atoms with Crippen LogP contribution >= 0.6 is 0 Å². The first-order chi connectivity index (χ1) is 15.1. The quantitative estimate of drug-likeness (QED) is 0.574. The second-order valence-electron chi connectivity index (χ2n) is 7.60. The van der Waals surface area contributed by atoms with E-state index in [1.165, 1.54) is 6.33 Å². The van der Waals surface area contributed by atoms with Crippen molar-refractivity contribution in [2.24, 2.45) is 0 Å². The molecule has 31 heavy (non-hydrogen) atoms. The maximum Gasteiger partial charge on any atom is 0.246 e. The number of hydrogen-bond donors (Lipinski definition) is 0. The molecule has 1 atom stereocenters. The number of carbonyl (C=O) groups is 1. The Kier molecular flexibility index (Phi) is 6.43. The minimum absolute atomic E-state index is 0.0301. The summed E-state index contributed by atoms with van der Waals surface area (Å²) >= 11 is 0. The second-order valence-corrected chi connectivity index (χ2v) is 7.60. The number of carbonyl (C=O) groups excluding carboxylic acids is 1. The van der Waals surface area contributed by atoms with Crippen molar-refractivity contribution in [3.8, 4) is 5.88 Å². The summed E-state index contributed by atoms with van der Waals surface area (Å²) in [6.07, 6.45) is 4.74. The van der Waals surface area contributed by atoms with E-state index in [9.17, 15) is 4.79 Å². The van der Waals surface area contributed by atoms with Crippen LogP contribution in [0.15, 0.2) is 60.9 Å². The van der Waals surface area contributed by atoms with Gasteiger partial charge in [-0.1, -0.05) is 24.3 Å². The van der Waals surface area contributed by atoms with Crippen LogP contribution in [-0.2, 0) is 9.53 Å². The van der Waals surface area contributed by atoms with Crippen LogP contribution in [-0.4, -0.2) is 67.3 Å². The number of para-hydroxylation sites is 1. The van der Waals surface area contributed by atoms with Gasteiger partial charge in [-0.05, 0) is 35.9 Å². The van der Waals surface area contributed by atoms with Gasteiger partial charge in [-0.3, -0.25) is 4.79 Å². The molecule has 0 aliphatic carbocycles. The van der Waals surface area contributed by atoms with Crippen molar-refractivity contribution < 1.29 is 14.3 Å². The van der Waals surface area contributed by atoms with Crippen LogP contribution in [0.4, 0.5) is 5.69 Å². The fraction of sp³-hybridized carbons (Fsp3) is 0.292. The Morgan fingerprint density at radius 3 is 2.81 bits per heavy atom. The fourth-order valence-corrected chi connectivity index (χ4v) is 3.44. The van der Waals surface area contributed by atoms with E-state index in [4.69, 9.17) is 9.47 Å². The highest BCUT2D eigenvalue weighted by molar-refractivity contribution is 5.92. The zero-order valence-electron chi connectivity index (χ0n) is 17.8. The third-order valence-corrected chi connectivity index (χ3v) is 5.19. The molecule has 2 heterocycles. The van der Waals surface area contributed by atoms with E-state index < -0.39 is 0 Å². The van der Waals surface area contributed by atoms with Gasteiger partial charge in [0.2, 0.25) is 11.8 Å². The number of nitrogens with zero attached hydrogens (tertiary/aromatic N) is 4. The van der Waals surface area contributed by atoms with Gasteiger partial charge >= 0.3 is 0 Å². The Morgan fingerprint density at radius 1 is 1.19 bits per heavy atom. The van der Waals surface area contributed by atoms with Gasteiger partial charge in [-0.25, -0.2) is 9.97 Å². The van der Waals surface area contributed by atoms with E-state index >= 15 is 0 Å². The lowest BCUT2D eigenvalue weighted by Gasteiger charge is -2.32. The summed E-state index contributed by atoms with van der Waals surface area (Å²) in [6, 6.07) is 15.8. The largest absolute Gasteiger partial charge is 0.474 e. The molecule has 1 amide bonds. The second kappa shape index (κ2) is 9.57. The Labute approximate surface area is 181 Å². The molecule has 0 bridgehead atoms. The Bertz CT molecular complexity index is 1060. The van der Waals surface area contributed by atoms with Crippen LogP contribution < -0.4 is 9.64 Å². The van der Waals surface area contributed by atoms with Crippen molar-refractivity contribution in [1.29, 1.82) is 0 Å². The molecular formula is C24H26N4O3. The van der Waals surface area contributed by atoms with Crippen LogP contribution in [0.2, 0.25) is 0 Å². The molecule has 1 aliphatic heterocycles. The van der Waals surface area contributed by atoms with Crippen LogP contribution in [0, 0.1) is 0 Å². The van der Waals surface area contributed by atoms with Crippen LogP contribution in [0.1, 0.15) is 5.56 Å². The molecule has 1 unspecified atom stereocenters. The Morgan fingerprint density at radius 2 is 2.00 bits per heavy atom. The summed E-state index contributed by atoms with van der Waals surface area (Å²) in [4.78, 5) is 25.0. The standard InChI is InChI=1S/C24H26N4O3/c1-27(2)19-10-7-18(8-11-19)9-12-23(29)28-13-14-30-20(15-28)16-31-24-21-5-3-4-6-22(21)25-17-26-24/h3-12,17,20H,13-16H2,1-2H3. The van der Waals surface area contributed by atoms with E-state index in [0.717, 1.165) is 22.2 Å². The highest BCUT2D eigenvalue weighted by atomic mass is 16.5. The average molecular weight is 418 g/mol. The normalized spacial score (nSPS) is 16.6. The molecule has 1 saturated heterocycles. The number of rotatable bonds is 6. The van der Waals surface area contributed by atoms with E-state index in [2.05, 4.69) is 9.97 Å². The Balaban J connectivity index is 1.34. The number of aromatic nitrogens is 2. The summed E-state index contributed by atoms with van der Waals surface area (Å²) in [7, 11) is 4.00. The van der Waals surface area contributed by atoms with Crippen molar-refractivity contribution in [3.63, 3.8) is 0 Å². The maximum absolute atomic E-state index is 12.7. The third kappa shape index (κ3) is 5.19. The summed E-state index contributed by atoms with van der Waals surface area (Å²) in [6.45, 7) is 1.84. The van der Waals surface area contributed by atoms with Gasteiger partial charge in [-0.2, -0.15) is 0 Å². The predicted octanol–water partition coefficient (Wildman–Crippen LogP) is 3.02. The number of benzene rings is 2. The Hall–Kier alpha value is -3.45. The van der Waals surface area contributed by atoms with Gasteiger partial charge in [0.15, 0.2) is 0 Å². The third-order valence-electron chi connectivity index (χ3n) is 5.19. The zero-order valence-corrected chi connectivity index (χ0v) is 17.8. The van der Waals surface area contributed by atoms with Gasteiger partial charge in [-0.15, -0.1) is 0 Å². The number of amides is 1. The van der Waals surface area contributed by atoms with E-state index in [1.807, 2.05) is 73.6 Å². The van der Waals surface area contributed by atoms with Gasteiger partial charge in [0.1, 0.15) is 19.0 Å². The molecular weight excluding hydrogens is 392 g/mol. The maximum atomic E-state index is 12.7. The number of morpholine rings is 1. The lowest BCUT2D eigenvalue weighted by atomic mass is 10.2. The predicted molar refractivity (Wildman–Crippen MR) is 121 cm³/mol. The highest BCUT2D eigenvalue weighted by Gasteiger charge is 2.24. The molecule has 1 aromatic heterocycles.